The van der Waals surface area contributed by atoms with Crippen molar-refractivity contribution in [1.29, 1.82) is 0 Å². The Balaban J connectivity index is 1.86. The maximum Gasteiger partial charge on any atom is 0.143 e. The van der Waals surface area contributed by atoms with Crippen LogP contribution in [0, 0.1) is 0 Å². The molecule has 3 aromatic rings. The monoisotopic (exact) mass is 254 g/mol. The first kappa shape index (κ1) is 11.5. The van der Waals surface area contributed by atoms with Gasteiger partial charge in [-0.3, -0.25) is 0 Å². The molecule has 0 amide bonds. The van der Waals surface area contributed by atoms with Crippen LogP contribution < -0.4 is 10.1 Å². The molecule has 0 fully saturated rings. The second kappa shape index (κ2) is 4.97. The number of aromatic amines is 1. The van der Waals surface area contributed by atoms with Crippen LogP contribution >= 0.6 is 0 Å². The van der Waals surface area contributed by atoms with E-state index < -0.39 is 0 Å². The third-order valence-electron chi connectivity index (χ3n) is 2.78. The Kier molecular flexibility index (Phi) is 3.02. The molecule has 5 nitrogen and oxygen atoms in total. The van der Waals surface area contributed by atoms with E-state index >= 15 is 0 Å². The highest BCUT2D eigenvalue weighted by Gasteiger charge is 2.04. The third kappa shape index (κ3) is 2.35. The molecular formula is C14H14N4O. The van der Waals surface area contributed by atoms with Crippen molar-refractivity contribution in [3.8, 4) is 5.75 Å². The molecule has 0 aliphatic heterocycles. The van der Waals surface area contributed by atoms with Crippen LogP contribution in [0.15, 0.2) is 42.9 Å². The average molecular weight is 254 g/mol. The number of hydrogen-bond donors (Lipinski definition) is 2. The molecule has 3 rings (SSSR count). The van der Waals surface area contributed by atoms with E-state index in [2.05, 4.69) is 20.3 Å². The van der Waals surface area contributed by atoms with Crippen molar-refractivity contribution in [2.45, 2.75) is 6.92 Å². The third-order valence-corrected chi connectivity index (χ3v) is 2.78. The summed E-state index contributed by atoms with van der Waals surface area (Å²) in [5.74, 6) is 1.65. The SMILES string of the molecule is CCOc1ccc(Nc2ncnc3[nH]ccc23)cc1. The molecule has 0 atom stereocenters. The van der Waals surface area contributed by atoms with Gasteiger partial charge in [0.1, 0.15) is 23.5 Å². The fraction of sp³-hybridized carbons (Fsp3) is 0.143. The zero-order valence-corrected chi connectivity index (χ0v) is 10.6. The van der Waals surface area contributed by atoms with E-state index in [-0.39, 0.29) is 0 Å². The summed E-state index contributed by atoms with van der Waals surface area (Å²) in [6.07, 6.45) is 3.39. The molecular weight excluding hydrogens is 240 g/mol. The summed E-state index contributed by atoms with van der Waals surface area (Å²) in [5, 5.41) is 4.24. The Labute approximate surface area is 110 Å². The molecule has 0 aliphatic rings. The zero-order valence-electron chi connectivity index (χ0n) is 10.6. The Morgan fingerprint density at radius 2 is 2.00 bits per heavy atom. The average Bonchev–Trinajstić information content (AvgIpc) is 2.91. The van der Waals surface area contributed by atoms with Gasteiger partial charge in [-0.1, -0.05) is 0 Å². The fourth-order valence-corrected chi connectivity index (χ4v) is 1.91. The first-order valence-corrected chi connectivity index (χ1v) is 6.15. The lowest BCUT2D eigenvalue weighted by Crippen LogP contribution is -1.96. The van der Waals surface area contributed by atoms with Crippen molar-refractivity contribution in [3.63, 3.8) is 0 Å². The minimum atomic E-state index is 0.669. The zero-order chi connectivity index (χ0) is 13.1. The summed E-state index contributed by atoms with van der Waals surface area (Å²) in [4.78, 5) is 11.5. The minimum absolute atomic E-state index is 0.669. The second-order valence-corrected chi connectivity index (χ2v) is 4.04. The fourth-order valence-electron chi connectivity index (χ4n) is 1.91. The molecule has 2 N–H and O–H groups in total. The van der Waals surface area contributed by atoms with E-state index in [9.17, 15) is 0 Å². The van der Waals surface area contributed by atoms with Gasteiger partial charge in [-0.15, -0.1) is 0 Å². The molecule has 0 unspecified atom stereocenters. The summed E-state index contributed by atoms with van der Waals surface area (Å²) < 4.78 is 5.41. The number of rotatable bonds is 4. The van der Waals surface area contributed by atoms with Crippen LogP contribution in [0.4, 0.5) is 11.5 Å². The molecule has 0 spiro atoms. The van der Waals surface area contributed by atoms with Gasteiger partial charge in [0, 0.05) is 11.9 Å². The van der Waals surface area contributed by atoms with Gasteiger partial charge in [0.15, 0.2) is 0 Å². The van der Waals surface area contributed by atoms with Gasteiger partial charge in [-0.25, -0.2) is 9.97 Å². The summed E-state index contributed by atoms with van der Waals surface area (Å²) in [7, 11) is 0. The highest BCUT2D eigenvalue weighted by Crippen LogP contribution is 2.23. The number of aromatic nitrogens is 3. The molecule has 0 bridgehead atoms. The number of fused-ring (bicyclic) bond motifs is 1. The molecule has 1 aromatic carbocycles. The van der Waals surface area contributed by atoms with Crippen LogP contribution in [0.1, 0.15) is 6.92 Å². The van der Waals surface area contributed by atoms with Crippen molar-refractivity contribution in [2.24, 2.45) is 0 Å². The summed E-state index contributed by atoms with van der Waals surface area (Å²) in [6, 6.07) is 9.74. The van der Waals surface area contributed by atoms with Crippen molar-refractivity contribution in [1.82, 2.24) is 15.0 Å². The first-order valence-electron chi connectivity index (χ1n) is 6.15. The number of anilines is 2. The highest BCUT2D eigenvalue weighted by atomic mass is 16.5. The number of H-pyrrole nitrogens is 1. The van der Waals surface area contributed by atoms with Crippen LogP contribution in [-0.4, -0.2) is 21.6 Å². The quantitative estimate of drug-likeness (QED) is 0.751. The normalized spacial score (nSPS) is 10.6. The van der Waals surface area contributed by atoms with E-state index in [1.165, 1.54) is 6.33 Å². The van der Waals surface area contributed by atoms with Crippen molar-refractivity contribution in [3.05, 3.63) is 42.9 Å². The molecule has 2 heterocycles. The molecule has 2 aromatic heterocycles. The van der Waals surface area contributed by atoms with Crippen LogP contribution in [0.3, 0.4) is 0 Å². The van der Waals surface area contributed by atoms with Crippen molar-refractivity contribution < 1.29 is 4.74 Å². The van der Waals surface area contributed by atoms with Gasteiger partial charge in [-0.2, -0.15) is 0 Å². The first-order chi connectivity index (χ1) is 9.36. The Hall–Kier alpha value is -2.56. The van der Waals surface area contributed by atoms with E-state index in [0.29, 0.717) is 6.61 Å². The minimum Gasteiger partial charge on any atom is -0.494 e. The summed E-state index contributed by atoms with van der Waals surface area (Å²) in [5.41, 5.74) is 1.79. The predicted molar refractivity (Wildman–Crippen MR) is 74.8 cm³/mol. The highest BCUT2D eigenvalue weighted by molar-refractivity contribution is 5.88. The van der Waals surface area contributed by atoms with Crippen LogP contribution in [-0.2, 0) is 0 Å². The smallest absolute Gasteiger partial charge is 0.143 e. The lowest BCUT2D eigenvalue weighted by Gasteiger charge is -2.07. The second-order valence-electron chi connectivity index (χ2n) is 4.04. The Morgan fingerprint density at radius 3 is 2.79 bits per heavy atom. The van der Waals surface area contributed by atoms with Crippen LogP contribution in [0.5, 0.6) is 5.75 Å². The van der Waals surface area contributed by atoms with Gasteiger partial charge < -0.3 is 15.0 Å². The van der Waals surface area contributed by atoms with E-state index in [4.69, 9.17) is 4.74 Å². The van der Waals surface area contributed by atoms with E-state index in [1.807, 2.05) is 43.5 Å². The summed E-state index contributed by atoms with van der Waals surface area (Å²) >= 11 is 0. The Bertz CT molecular complexity index is 675. The van der Waals surface area contributed by atoms with Crippen molar-refractivity contribution >= 4 is 22.5 Å². The molecule has 0 aliphatic carbocycles. The maximum absolute atomic E-state index is 5.41. The van der Waals surface area contributed by atoms with Gasteiger partial charge in [0.25, 0.3) is 0 Å². The number of benzene rings is 1. The molecule has 0 radical (unpaired) electrons. The lowest BCUT2D eigenvalue weighted by atomic mass is 10.3. The van der Waals surface area contributed by atoms with Gasteiger partial charge in [-0.05, 0) is 37.3 Å². The van der Waals surface area contributed by atoms with Crippen LogP contribution in [0.2, 0.25) is 0 Å². The maximum atomic E-state index is 5.41. The summed E-state index contributed by atoms with van der Waals surface area (Å²) in [6.45, 7) is 2.64. The number of nitrogens with zero attached hydrogens (tertiary/aromatic N) is 2. The standard InChI is InChI=1S/C14H14N4O/c1-2-19-11-5-3-10(4-6-11)18-14-12-7-8-15-13(12)16-9-17-14/h3-9H,2H2,1H3,(H2,15,16,17,18). The molecule has 0 saturated heterocycles. The van der Waals surface area contributed by atoms with Crippen LogP contribution in [0.25, 0.3) is 11.0 Å². The van der Waals surface area contributed by atoms with Gasteiger partial charge in [0.05, 0.1) is 12.0 Å². The largest absolute Gasteiger partial charge is 0.494 e. The predicted octanol–water partition coefficient (Wildman–Crippen LogP) is 3.10. The van der Waals surface area contributed by atoms with Crippen molar-refractivity contribution in [2.75, 3.05) is 11.9 Å². The van der Waals surface area contributed by atoms with E-state index in [0.717, 1.165) is 28.3 Å². The lowest BCUT2D eigenvalue weighted by molar-refractivity contribution is 0.340. The number of ether oxygens (including phenoxy) is 1. The number of nitrogens with one attached hydrogen (secondary N) is 2. The molecule has 5 heteroatoms. The van der Waals surface area contributed by atoms with E-state index in [1.54, 1.807) is 0 Å². The molecule has 19 heavy (non-hydrogen) atoms. The molecule has 96 valence electrons. The molecule has 0 saturated carbocycles. The van der Waals surface area contributed by atoms with Gasteiger partial charge >= 0.3 is 0 Å². The number of hydrogen-bond acceptors (Lipinski definition) is 4. The van der Waals surface area contributed by atoms with Gasteiger partial charge in [0.2, 0.25) is 0 Å². The Morgan fingerprint density at radius 1 is 1.16 bits per heavy atom. The topological polar surface area (TPSA) is 62.8 Å².